The van der Waals surface area contributed by atoms with Crippen LogP contribution in [0.5, 0.6) is 0 Å². The van der Waals surface area contributed by atoms with Crippen molar-refractivity contribution in [3.8, 4) is 0 Å². The second-order valence-electron chi connectivity index (χ2n) is 15.4. The molecule has 0 bridgehead atoms. The number of ether oxygens (including phenoxy) is 1. The lowest BCUT2D eigenvalue weighted by molar-refractivity contribution is -0.209. The fourth-order valence-corrected chi connectivity index (χ4v) is 11.1. The molecule has 0 radical (unpaired) electrons. The van der Waals surface area contributed by atoms with E-state index < -0.39 is 17.6 Å². The highest BCUT2D eigenvalue weighted by atomic mass is 16.5. The van der Waals surface area contributed by atoms with Crippen LogP contribution in [-0.2, 0) is 14.3 Å². The summed E-state index contributed by atoms with van der Waals surface area (Å²) in [6, 6.07) is 0. The van der Waals surface area contributed by atoms with Gasteiger partial charge in [-0.1, -0.05) is 60.1 Å². The minimum Gasteiger partial charge on any atom is -0.455 e. The second kappa shape index (κ2) is 10.4. The average molecular weight is 558 g/mol. The zero-order chi connectivity index (χ0) is 29.3. The van der Waals surface area contributed by atoms with Gasteiger partial charge in [-0.15, -0.1) is 0 Å². The lowest BCUT2D eigenvalue weighted by Gasteiger charge is -2.70. The summed E-state index contributed by atoms with van der Waals surface area (Å²) in [5, 5.41) is 24.5. The molecule has 0 aromatic heterocycles. The summed E-state index contributed by atoms with van der Waals surface area (Å²) in [7, 11) is 0. The lowest BCUT2D eigenvalue weighted by Crippen LogP contribution is -2.65. The molecule has 5 rings (SSSR count). The van der Waals surface area contributed by atoms with E-state index in [0.29, 0.717) is 36.6 Å². The number of hydrogen-bond donors (Lipinski definition) is 3. The van der Waals surface area contributed by atoms with Gasteiger partial charge in [0.1, 0.15) is 0 Å². The molecule has 1 amide bonds. The standard InChI is InChI=1S/C34H55NO5/c1-8-17-35-27(37)19-40-30(39)34-14-11-20(2)21(3)28(34)24-9-10-26-31(5)18-25(36)29(38)22(4)23(31)12-13-33(26,7)32(24,6)15-16-34/h9,20-23,25-26,28-29,36,38H,8,10-19H2,1-7H3,(H,35,37)/t20-,21+,22-,23?,25-,26?,28?,29-,31+,32-,33-,34+/m1/s1. The first kappa shape index (κ1) is 30.1. The fraction of sp³-hybridized carbons (Fsp3) is 0.882. The van der Waals surface area contributed by atoms with Gasteiger partial charge in [-0.25, -0.2) is 0 Å². The Morgan fingerprint density at radius 2 is 1.75 bits per heavy atom. The van der Waals surface area contributed by atoms with Crippen LogP contribution in [0.3, 0.4) is 0 Å². The summed E-state index contributed by atoms with van der Waals surface area (Å²) in [6.07, 6.45) is 9.47. The number of nitrogens with one attached hydrogen (secondary N) is 1. The van der Waals surface area contributed by atoms with E-state index in [1.165, 1.54) is 5.57 Å². The minimum atomic E-state index is -0.667. The predicted octanol–water partition coefficient (Wildman–Crippen LogP) is 5.66. The van der Waals surface area contributed by atoms with Gasteiger partial charge in [0.05, 0.1) is 17.6 Å². The number of carbonyl (C=O) groups excluding carboxylic acids is 2. The van der Waals surface area contributed by atoms with Crippen LogP contribution in [0, 0.1) is 57.2 Å². The molecule has 0 aliphatic heterocycles. The third-order valence-electron chi connectivity index (χ3n) is 13.9. The van der Waals surface area contributed by atoms with Crippen LogP contribution in [0.1, 0.15) is 106 Å². The number of rotatable bonds is 5. The molecule has 4 saturated carbocycles. The van der Waals surface area contributed by atoms with E-state index in [2.05, 4.69) is 52.9 Å². The van der Waals surface area contributed by atoms with E-state index in [-0.39, 0.29) is 46.6 Å². The highest BCUT2D eigenvalue weighted by Gasteiger charge is 2.69. The summed E-state index contributed by atoms with van der Waals surface area (Å²) < 4.78 is 5.82. The monoisotopic (exact) mass is 557 g/mol. The molecule has 0 spiro atoms. The number of aliphatic hydroxyl groups is 2. The molecule has 12 atom stereocenters. The van der Waals surface area contributed by atoms with Crippen LogP contribution < -0.4 is 5.32 Å². The lowest BCUT2D eigenvalue weighted by atomic mass is 9.34. The molecule has 0 aromatic carbocycles. The fourth-order valence-electron chi connectivity index (χ4n) is 11.1. The van der Waals surface area contributed by atoms with Crippen LogP contribution in [0.25, 0.3) is 0 Å². The van der Waals surface area contributed by atoms with Gasteiger partial charge in [0, 0.05) is 6.54 Å². The van der Waals surface area contributed by atoms with Crippen LogP contribution >= 0.6 is 0 Å². The van der Waals surface area contributed by atoms with Gasteiger partial charge in [-0.2, -0.15) is 0 Å². The number of hydrogen-bond acceptors (Lipinski definition) is 5. The Morgan fingerprint density at radius 1 is 1.02 bits per heavy atom. The summed E-state index contributed by atoms with van der Waals surface area (Å²) in [4.78, 5) is 26.3. The summed E-state index contributed by atoms with van der Waals surface area (Å²) in [5.74, 6) is 1.56. The summed E-state index contributed by atoms with van der Waals surface area (Å²) >= 11 is 0. The Kier molecular flexibility index (Phi) is 7.82. The maximum absolute atomic E-state index is 14.0. The smallest absolute Gasteiger partial charge is 0.313 e. The van der Waals surface area contributed by atoms with E-state index in [1.807, 2.05) is 6.92 Å². The van der Waals surface area contributed by atoms with Gasteiger partial charge in [0.15, 0.2) is 6.61 Å². The van der Waals surface area contributed by atoms with Gasteiger partial charge in [0.25, 0.3) is 5.91 Å². The maximum Gasteiger partial charge on any atom is 0.313 e. The number of carbonyl (C=O) groups is 2. The highest BCUT2D eigenvalue weighted by molar-refractivity contribution is 5.83. The molecule has 6 heteroatoms. The number of fused-ring (bicyclic) bond motifs is 7. The van der Waals surface area contributed by atoms with Crippen molar-refractivity contribution >= 4 is 11.9 Å². The first-order chi connectivity index (χ1) is 18.8. The van der Waals surface area contributed by atoms with Gasteiger partial charge in [-0.05, 0) is 110 Å². The van der Waals surface area contributed by atoms with Crippen molar-refractivity contribution < 1.29 is 24.5 Å². The minimum absolute atomic E-state index is 0.0269. The molecular formula is C34H55NO5. The molecule has 3 unspecified atom stereocenters. The van der Waals surface area contributed by atoms with Gasteiger partial charge < -0.3 is 20.3 Å². The average Bonchev–Trinajstić information content (AvgIpc) is 2.91. The number of aliphatic hydroxyl groups excluding tert-OH is 2. The van der Waals surface area contributed by atoms with Crippen LogP contribution in [0.2, 0.25) is 0 Å². The van der Waals surface area contributed by atoms with Crippen molar-refractivity contribution in [2.45, 2.75) is 118 Å². The van der Waals surface area contributed by atoms with Gasteiger partial charge in [0.2, 0.25) is 0 Å². The Hall–Kier alpha value is -1.40. The Labute approximate surface area is 242 Å². The highest BCUT2D eigenvalue weighted by Crippen LogP contribution is 2.75. The Bertz CT molecular complexity index is 1040. The van der Waals surface area contributed by atoms with Crippen molar-refractivity contribution in [2.24, 2.45) is 57.2 Å². The predicted molar refractivity (Wildman–Crippen MR) is 156 cm³/mol. The molecule has 5 aliphatic rings. The first-order valence-electron chi connectivity index (χ1n) is 16.3. The molecule has 0 saturated heterocycles. The van der Waals surface area contributed by atoms with Crippen molar-refractivity contribution in [3.63, 3.8) is 0 Å². The summed E-state index contributed by atoms with van der Waals surface area (Å²) in [5.41, 5.74) is 0.899. The molecule has 6 nitrogen and oxygen atoms in total. The number of amides is 1. The molecule has 3 N–H and O–H groups in total. The summed E-state index contributed by atoms with van der Waals surface area (Å²) in [6.45, 7) is 16.6. The maximum atomic E-state index is 14.0. The van der Waals surface area contributed by atoms with Crippen LogP contribution in [0.15, 0.2) is 11.6 Å². The SMILES string of the molecule is CCCNC(=O)COC(=O)[C@]12CC[C@@H](C)[C@H](C)C1C1=CCC3[C@@]4(C)C[C@@H](O)[C@H](O)[C@H](C)C4CC[C@@]3(C)[C@]1(C)CC2. The van der Waals surface area contributed by atoms with E-state index in [4.69, 9.17) is 4.74 Å². The third kappa shape index (κ3) is 4.16. The largest absolute Gasteiger partial charge is 0.455 e. The molecule has 0 heterocycles. The zero-order valence-corrected chi connectivity index (χ0v) is 26.1. The van der Waals surface area contributed by atoms with E-state index in [0.717, 1.165) is 51.4 Å². The van der Waals surface area contributed by atoms with Crippen molar-refractivity contribution in [1.82, 2.24) is 5.32 Å². The Morgan fingerprint density at radius 3 is 2.45 bits per heavy atom. The molecule has 4 fully saturated rings. The van der Waals surface area contributed by atoms with Crippen molar-refractivity contribution in [3.05, 3.63) is 11.6 Å². The van der Waals surface area contributed by atoms with Crippen LogP contribution in [-0.4, -0.2) is 47.4 Å². The van der Waals surface area contributed by atoms with Crippen molar-refractivity contribution in [2.75, 3.05) is 13.2 Å². The van der Waals surface area contributed by atoms with Crippen LogP contribution in [0.4, 0.5) is 0 Å². The molecule has 40 heavy (non-hydrogen) atoms. The molecular weight excluding hydrogens is 502 g/mol. The molecule has 0 aromatic rings. The van der Waals surface area contributed by atoms with Gasteiger partial charge in [-0.3, -0.25) is 9.59 Å². The van der Waals surface area contributed by atoms with Crippen molar-refractivity contribution in [1.29, 1.82) is 0 Å². The topological polar surface area (TPSA) is 95.9 Å². The van der Waals surface area contributed by atoms with E-state index in [1.54, 1.807) is 0 Å². The third-order valence-corrected chi connectivity index (χ3v) is 13.9. The second-order valence-corrected chi connectivity index (χ2v) is 15.4. The zero-order valence-electron chi connectivity index (χ0n) is 26.1. The van der Waals surface area contributed by atoms with E-state index >= 15 is 0 Å². The van der Waals surface area contributed by atoms with Gasteiger partial charge >= 0.3 is 5.97 Å². The Balaban J connectivity index is 1.50. The number of allylic oxidation sites excluding steroid dienone is 2. The van der Waals surface area contributed by atoms with E-state index in [9.17, 15) is 19.8 Å². The first-order valence-corrected chi connectivity index (χ1v) is 16.3. The quantitative estimate of drug-likeness (QED) is 0.300. The normalized spacial score (nSPS) is 49.9. The number of esters is 1. The molecule has 5 aliphatic carbocycles. The molecule has 226 valence electrons.